The van der Waals surface area contributed by atoms with Crippen LogP contribution in [0, 0.1) is 0 Å². The van der Waals surface area contributed by atoms with Crippen molar-refractivity contribution in [1.29, 1.82) is 0 Å². The summed E-state index contributed by atoms with van der Waals surface area (Å²) in [5, 5.41) is 3.32. The van der Waals surface area contributed by atoms with Gasteiger partial charge in [-0.15, -0.1) is 0 Å². The smallest absolute Gasteiger partial charge is 0.222 e. The van der Waals surface area contributed by atoms with Gasteiger partial charge in [-0.3, -0.25) is 4.79 Å². The van der Waals surface area contributed by atoms with Crippen LogP contribution in [0.3, 0.4) is 0 Å². The van der Waals surface area contributed by atoms with E-state index in [0.717, 1.165) is 56.1 Å². The molecule has 1 heterocycles. The van der Waals surface area contributed by atoms with Gasteiger partial charge in [0.25, 0.3) is 0 Å². The van der Waals surface area contributed by atoms with Crippen LogP contribution in [0.15, 0.2) is 18.2 Å². The van der Waals surface area contributed by atoms with Crippen LogP contribution in [0.2, 0.25) is 0 Å². The first-order chi connectivity index (χ1) is 11.2. The lowest BCUT2D eigenvalue weighted by Crippen LogP contribution is -2.34. The van der Waals surface area contributed by atoms with Crippen molar-refractivity contribution < 1.29 is 14.3 Å². The van der Waals surface area contributed by atoms with E-state index >= 15 is 0 Å². The summed E-state index contributed by atoms with van der Waals surface area (Å²) < 4.78 is 11.2. The summed E-state index contributed by atoms with van der Waals surface area (Å²) in [6.45, 7) is 8.69. The fourth-order valence-corrected chi connectivity index (χ4v) is 2.76. The maximum absolute atomic E-state index is 12.3. The monoisotopic (exact) mass is 320 g/mol. The van der Waals surface area contributed by atoms with Gasteiger partial charge in [0.2, 0.25) is 5.91 Å². The van der Waals surface area contributed by atoms with Crippen LogP contribution in [0.1, 0.15) is 32.3 Å². The Kier molecular flexibility index (Phi) is 7.20. The standard InChI is InChI=1S/C18H28N2O3/c1-3-22-16-8-6-15(14-17(16)23-4-2)7-9-18(21)20-12-5-10-19-11-13-20/h6,8,14,19H,3-5,7,9-13H2,1-2H3. The maximum atomic E-state index is 12.3. The molecule has 1 aliphatic rings. The van der Waals surface area contributed by atoms with Crippen LogP contribution in [-0.2, 0) is 11.2 Å². The number of hydrogen-bond donors (Lipinski definition) is 1. The molecule has 1 N–H and O–H groups in total. The van der Waals surface area contributed by atoms with E-state index in [1.54, 1.807) is 0 Å². The molecule has 1 fully saturated rings. The molecule has 0 unspecified atom stereocenters. The van der Waals surface area contributed by atoms with Crippen LogP contribution in [0.5, 0.6) is 11.5 Å². The molecular formula is C18H28N2O3. The lowest BCUT2D eigenvalue weighted by molar-refractivity contribution is -0.130. The average Bonchev–Trinajstić information content (AvgIpc) is 2.84. The van der Waals surface area contributed by atoms with Crippen molar-refractivity contribution in [2.75, 3.05) is 39.4 Å². The number of rotatable bonds is 7. The number of hydrogen-bond acceptors (Lipinski definition) is 4. The summed E-state index contributed by atoms with van der Waals surface area (Å²) in [4.78, 5) is 14.3. The van der Waals surface area contributed by atoms with Gasteiger partial charge in [0.1, 0.15) is 0 Å². The van der Waals surface area contributed by atoms with Crippen molar-refractivity contribution in [3.8, 4) is 11.5 Å². The van der Waals surface area contributed by atoms with Crippen molar-refractivity contribution >= 4 is 5.91 Å². The average molecular weight is 320 g/mol. The quantitative estimate of drug-likeness (QED) is 0.837. The van der Waals surface area contributed by atoms with E-state index < -0.39 is 0 Å². The fourth-order valence-electron chi connectivity index (χ4n) is 2.76. The zero-order valence-corrected chi connectivity index (χ0v) is 14.3. The molecule has 0 saturated carbocycles. The van der Waals surface area contributed by atoms with Crippen LogP contribution in [-0.4, -0.2) is 50.2 Å². The molecule has 2 rings (SSSR count). The highest BCUT2D eigenvalue weighted by Crippen LogP contribution is 2.29. The lowest BCUT2D eigenvalue weighted by Gasteiger charge is -2.20. The molecular weight excluding hydrogens is 292 g/mol. The molecule has 1 amide bonds. The van der Waals surface area contributed by atoms with Crippen molar-refractivity contribution in [2.45, 2.75) is 33.1 Å². The number of aryl methyl sites for hydroxylation is 1. The second-order valence-electron chi connectivity index (χ2n) is 5.63. The van der Waals surface area contributed by atoms with E-state index in [4.69, 9.17) is 9.47 Å². The molecule has 1 aromatic carbocycles. The van der Waals surface area contributed by atoms with Crippen LogP contribution >= 0.6 is 0 Å². The molecule has 0 bridgehead atoms. The van der Waals surface area contributed by atoms with Crippen LogP contribution in [0.4, 0.5) is 0 Å². The second-order valence-corrected chi connectivity index (χ2v) is 5.63. The number of carbonyl (C=O) groups is 1. The Labute approximate surface area is 139 Å². The first-order valence-corrected chi connectivity index (χ1v) is 8.61. The SMILES string of the molecule is CCOc1ccc(CCC(=O)N2CCCNCC2)cc1OCC. The first-order valence-electron chi connectivity index (χ1n) is 8.61. The predicted molar refractivity (Wildman–Crippen MR) is 91.2 cm³/mol. The molecule has 128 valence electrons. The molecule has 0 spiro atoms. The highest BCUT2D eigenvalue weighted by molar-refractivity contribution is 5.76. The Balaban J connectivity index is 1.93. The van der Waals surface area contributed by atoms with Crippen molar-refractivity contribution in [3.63, 3.8) is 0 Å². The summed E-state index contributed by atoms with van der Waals surface area (Å²) in [6, 6.07) is 5.95. The Morgan fingerprint density at radius 3 is 2.70 bits per heavy atom. The third-order valence-corrected chi connectivity index (χ3v) is 3.93. The highest BCUT2D eigenvalue weighted by atomic mass is 16.5. The summed E-state index contributed by atoms with van der Waals surface area (Å²) in [6.07, 6.45) is 2.30. The van der Waals surface area contributed by atoms with Gasteiger partial charge in [-0.25, -0.2) is 0 Å². The zero-order chi connectivity index (χ0) is 16.5. The Morgan fingerprint density at radius 1 is 1.13 bits per heavy atom. The lowest BCUT2D eigenvalue weighted by atomic mass is 10.1. The maximum Gasteiger partial charge on any atom is 0.222 e. The van der Waals surface area contributed by atoms with Gasteiger partial charge >= 0.3 is 0 Å². The minimum Gasteiger partial charge on any atom is -0.490 e. The molecule has 1 aromatic rings. The van der Waals surface area contributed by atoms with Gasteiger partial charge in [-0.05, 0) is 50.9 Å². The molecule has 23 heavy (non-hydrogen) atoms. The number of nitrogens with zero attached hydrogens (tertiary/aromatic N) is 1. The topological polar surface area (TPSA) is 50.8 Å². The van der Waals surface area contributed by atoms with E-state index in [0.29, 0.717) is 19.6 Å². The Bertz CT molecular complexity index is 497. The molecule has 0 atom stereocenters. The van der Waals surface area contributed by atoms with Gasteiger partial charge < -0.3 is 19.7 Å². The molecule has 0 radical (unpaired) electrons. The summed E-state index contributed by atoms with van der Waals surface area (Å²) in [5.41, 5.74) is 1.11. The highest BCUT2D eigenvalue weighted by Gasteiger charge is 2.15. The van der Waals surface area contributed by atoms with Crippen molar-refractivity contribution in [1.82, 2.24) is 10.2 Å². The predicted octanol–water partition coefficient (Wildman–Crippen LogP) is 2.24. The first kappa shape index (κ1) is 17.6. The summed E-state index contributed by atoms with van der Waals surface area (Å²) in [5.74, 6) is 1.77. The Hall–Kier alpha value is -1.75. The van der Waals surface area contributed by atoms with E-state index in [1.807, 2.05) is 36.9 Å². The van der Waals surface area contributed by atoms with E-state index in [1.165, 1.54) is 0 Å². The molecule has 0 aliphatic carbocycles. The number of ether oxygens (including phenoxy) is 2. The summed E-state index contributed by atoms with van der Waals surface area (Å²) in [7, 11) is 0. The molecule has 5 heteroatoms. The number of nitrogens with one attached hydrogen (secondary N) is 1. The Morgan fingerprint density at radius 2 is 1.91 bits per heavy atom. The van der Waals surface area contributed by atoms with E-state index in [2.05, 4.69) is 5.32 Å². The number of amides is 1. The third-order valence-electron chi connectivity index (χ3n) is 3.93. The molecule has 5 nitrogen and oxygen atoms in total. The van der Waals surface area contributed by atoms with Crippen LogP contribution < -0.4 is 14.8 Å². The van der Waals surface area contributed by atoms with Crippen molar-refractivity contribution in [3.05, 3.63) is 23.8 Å². The van der Waals surface area contributed by atoms with Crippen molar-refractivity contribution in [2.24, 2.45) is 0 Å². The van der Waals surface area contributed by atoms with Gasteiger partial charge in [0, 0.05) is 26.1 Å². The minimum atomic E-state index is 0.237. The number of benzene rings is 1. The van der Waals surface area contributed by atoms with Gasteiger partial charge in [0.05, 0.1) is 13.2 Å². The second kappa shape index (κ2) is 9.40. The normalized spacial score (nSPS) is 15.1. The third kappa shape index (κ3) is 5.43. The van der Waals surface area contributed by atoms with Gasteiger partial charge in [-0.1, -0.05) is 6.07 Å². The van der Waals surface area contributed by atoms with Gasteiger partial charge in [0.15, 0.2) is 11.5 Å². The van der Waals surface area contributed by atoms with E-state index in [-0.39, 0.29) is 5.91 Å². The number of carbonyl (C=O) groups excluding carboxylic acids is 1. The fraction of sp³-hybridized carbons (Fsp3) is 0.611. The minimum absolute atomic E-state index is 0.237. The largest absolute Gasteiger partial charge is 0.490 e. The molecule has 0 aromatic heterocycles. The van der Waals surface area contributed by atoms with Gasteiger partial charge in [-0.2, -0.15) is 0 Å². The van der Waals surface area contributed by atoms with Crippen LogP contribution in [0.25, 0.3) is 0 Å². The zero-order valence-electron chi connectivity index (χ0n) is 14.3. The molecule has 1 saturated heterocycles. The molecule has 1 aliphatic heterocycles. The summed E-state index contributed by atoms with van der Waals surface area (Å²) >= 11 is 0. The van der Waals surface area contributed by atoms with E-state index in [9.17, 15) is 4.79 Å².